The van der Waals surface area contributed by atoms with E-state index < -0.39 is 0 Å². The maximum absolute atomic E-state index is 2.98. The van der Waals surface area contributed by atoms with E-state index >= 15 is 0 Å². The van der Waals surface area contributed by atoms with E-state index in [1.54, 1.807) is 0 Å². The van der Waals surface area contributed by atoms with E-state index in [0.717, 1.165) is 7.80 Å². The van der Waals surface area contributed by atoms with Gasteiger partial charge in [-0.3, -0.25) is 0 Å². The molecule has 20 heavy (non-hydrogen) atoms. The molecular formula is C17H21NSe2. The Balaban J connectivity index is 0.000000347. The van der Waals surface area contributed by atoms with Gasteiger partial charge in [-0.2, -0.15) is 0 Å². The molecule has 0 N–H and O–H groups in total. The minimum atomic E-state index is 1.00. The van der Waals surface area contributed by atoms with E-state index in [2.05, 4.69) is 108 Å². The fourth-order valence-corrected chi connectivity index (χ4v) is 2.00. The summed E-state index contributed by atoms with van der Waals surface area (Å²) in [5.74, 6) is 0. The van der Waals surface area contributed by atoms with Crippen molar-refractivity contribution >= 4 is 34.9 Å². The molecular weight excluding hydrogens is 376 g/mol. The molecule has 0 saturated carbocycles. The second-order valence-corrected chi connectivity index (χ2v) is 8.94. The zero-order chi connectivity index (χ0) is 15.2. The number of rotatable bonds is 2. The molecule has 0 fully saturated rings. The molecule has 106 valence electrons. The van der Waals surface area contributed by atoms with Crippen LogP contribution in [0.25, 0.3) is 11.1 Å². The third-order valence-corrected chi connectivity index (χ3v) is 3.22. The van der Waals surface area contributed by atoms with Gasteiger partial charge in [-0.25, -0.2) is 0 Å². The summed E-state index contributed by atoms with van der Waals surface area (Å²) in [5, 5.41) is 0. The monoisotopic (exact) mass is 399 g/mol. The summed E-state index contributed by atoms with van der Waals surface area (Å²) < 4.78 is 2.11. The van der Waals surface area contributed by atoms with E-state index in [4.69, 9.17) is 0 Å². The van der Waals surface area contributed by atoms with Gasteiger partial charge in [0.2, 0.25) is 0 Å². The van der Waals surface area contributed by atoms with Gasteiger partial charge in [0.1, 0.15) is 0 Å². The Morgan fingerprint density at radius 3 is 1.60 bits per heavy atom. The first kappa shape index (κ1) is 17.4. The Labute approximate surface area is 138 Å². The van der Waals surface area contributed by atoms with Crippen molar-refractivity contribution in [2.45, 2.75) is 0 Å². The van der Waals surface area contributed by atoms with Crippen molar-refractivity contribution < 1.29 is 4.48 Å². The number of nitrogens with zero attached hydrogens (tertiary/aromatic N) is 1. The first-order valence-corrected chi connectivity index (χ1v) is 8.14. The molecule has 2 rings (SSSR count). The average molecular weight is 397 g/mol. The summed E-state index contributed by atoms with van der Waals surface area (Å²) in [6, 6.07) is 18.9. The van der Waals surface area contributed by atoms with Crippen LogP contribution in [0.4, 0.5) is 0 Å². The third-order valence-electron chi connectivity index (χ3n) is 2.23. The van der Waals surface area contributed by atoms with Gasteiger partial charge in [-0.05, 0) is 0 Å². The molecule has 0 amide bonds. The molecule has 0 aromatic heterocycles. The zero-order valence-electron chi connectivity index (χ0n) is 12.5. The van der Waals surface area contributed by atoms with E-state index in [0.29, 0.717) is 0 Å². The molecule has 1 nitrogen and oxygen atoms in total. The van der Waals surface area contributed by atoms with Gasteiger partial charge in [0.05, 0.1) is 28.2 Å². The van der Waals surface area contributed by atoms with Gasteiger partial charge >= 0.3 is 106 Å². The predicted octanol–water partition coefficient (Wildman–Crippen LogP) is 2.49. The molecule has 0 unspecified atom stereocenters. The van der Waals surface area contributed by atoms with Crippen LogP contribution in [0.1, 0.15) is 5.56 Å². The van der Waals surface area contributed by atoms with Gasteiger partial charge in [0.25, 0.3) is 0 Å². The van der Waals surface area contributed by atoms with Crippen LogP contribution >= 0.6 is 0 Å². The van der Waals surface area contributed by atoms with Crippen molar-refractivity contribution in [1.29, 1.82) is 0 Å². The Hall–Kier alpha value is -0.691. The second kappa shape index (κ2) is 7.92. The van der Waals surface area contributed by atoms with Crippen molar-refractivity contribution in [3.05, 3.63) is 60.2 Å². The molecule has 0 aliphatic heterocycles. The molecule has 0 saturated heterocycles. The van der Waals surface area contributed by atoms with Crippen molar-refractivity contribution in [3.63, 3.8) is 0 Å². The van der Waals surface area contributed by atoms with Crippen LogP contribution in [-0.2, 0) is 0 Å². The number of benzene rings is 2. The Kier molecular flexibility index (Phi) is 6.88. The molecule has 0 radical (unpaired) electrons. The van der Waals surface area contributed by atoms with Gasteiger partial charge < -0.3 is 4.48 Å². The maximum atomic E-state index is 2.98. The molecule has 0 spiro atoms. The Morgan fingerprint density at radius 2 is 1.20 bits per heavy atom. The molecule has 0 atom stereocenters. The second-order valence-electron chi connectivity index (χ2n) is 5.91. The van der Waals surface area contributed by atoms with Crippen LogP contribution in [0.15, 0.2) is 54.6 Å². The Morgan fingerprint density at radius 1 is 0.800 bits per heavy atom. The van der Waals surface area contributed by atoms with E-state index in [9.17, 15) is 0 Å². The fourth-order valence-electron chi connectivity index (χ4n) is 1.43. The topological polar surface area (TPSA) is 0 Å². The van der Waals surface area contributed by atoms with Crippen LogP contribution in [0.3, 0.4) is 0 Å². The van der Waals surface area contributed by atoms with E-state index in [1.165, 1.54) is 16.7 Å². The number of hydrogen-bond donors (Lipinski definition) is 0. The van der Waals surface area contributed by atoms with E-state index in [1.807, 2.05) is 6.07 Å². The van der Waals surface area contributed by atoms with Crippen molar-refractivity contribution in [2.75, 3.05) is 28.2 Å². The van der Waals surface area contributed by atoms with E-state index in [-0.39, 0.29) is 0 Å². The molecule has 2 aromatic carbocycles. The standard InChI is InChI=1S/C13H10Se2.C4H12N/c14-13(15)12-8-6-11(7-9-12)10-4-2-1-3-5-10;1-5(2,3)4/h1-9H,(H,14,15);1-4H3/q;+1/p-1. The van der Waals surface area contributed by atoms with Crippen LogP contribution in [0, 0.1) is 0 Å². The Bertz CT molecular complexity index is 533. The summed E-state index contributed by atoms with van der Waals surface area (Å²) in [6.45, 7) is 0. The average Bonchev–Trinajstić information content (AvgIpc) is 2.38. The summed E-state index contributed by atoms with van der Waals surface area (Å²) >= 11 is 5.95. The molecule has 0 heterocycles. The summed E-state index contributed by atoms with van der Waals surface area (Å²) in [6.07, 6.45) is 0. The number of quaternary nitrogens is 1. The van der Waals surface area contributed by atoms with Gasteiger partial charge in [-0.1, -0.05) is 0 Å². The van der Waals surface area contributed by atoms with Crippen molar-refractivity contribution in [1.82, 2.24) is 0 Å². The number of hydrogen-bond acceptors (Lipinski definition) is 0. The van der Waals surface area contributed by atoms with Crippen LogP contribution in [0.5, 0.6) is 0 Å². The SMILES string of the molecule is C[N+](C)(C)C.[Se]=C([Se-])c1ccc(-c2ccccc2)cc1. The first-order valence-electron chi connectivity index (χ1n) is 6.43. The molecule has 0 aliphatic carbocycles. The quantitative estimate of drug-likeness (QED) is 0.540. The summed E-state index contributed by atoms with van der Waals surface area (Å²) in [5.41, 5.74) is 3.71. The fraction of sp³-hybridized carbons (Fsp3) is 0.235. The minimum absolute atomic E-state index is 1.00. The van der Waals surface area contributed by atoms with Gasteiger partial charge in [-0.15, -0.1) is 0 Å². The van der Waals surface area contributed by atoms with Crippen molar-refractivity contribution in [3.8, 4) is 11.1 Å². The third kappa shape index (κ3) is 7.19. The van der Waals surface area contributed by atoms with Gasteiger partial charge in [0, 0.05) is 0 Å². The summed E-state index contributed by atoms with van der Waals surface area (Å²) in [4.78, 5) is 0. The zero-order valence-corrected chi connectivity index (χ0v) is 15.9. The molecule has 3 heteroatoms. The van der Waals surface area contributed by atoms with Crippen LogP contribution < -0.4 is 0 Å². The molecule has 0 aliphatic rings. The van der Waals surface area contributed by atoms with Crippen LogP contribution in [0.2, 0.25) is 0 Å². The van der Waals surface area contributed by atoms with Crippen molar-refractivity contribution in [2.24, 2.45) is 0 Å². The molecule has 0 bridgehead atoms. The summed E-state index contributed by atoms with van der Waals surface area (Å²) in [7, 11) is 8.50. The molecule has 2 aromatic rings. The van der Waals surface area contributed by atoms with Crippen LogP contribution in [-0.4, -0.2) is 67.6 Å². The van der Waals surface area contributed by atoms with Gasteiger partial charge in [0.15, 0.2) is 0 Å². The first-order chi connectivity index (χ1) is 9.27. The predicted molar refractivity (Wildman–Crippen MR) is 91.5 cm³/mol. The normalized spacial score (nSPS) is 10.4.